The molecular formula is C6H13N3. The lowest BCUT2D eigenvalue weighted by atomic mass is 10.6. The lowest BCUT2D eigenvalue weighted by molar-refractivity contribution is 0.520. The number of hydrogen-bond acceptors (Lipinski definition) is 3. The van der Waals surface area contributed by atoms with Crippen molar-refractivity contribution in [2.45, 2.75) is 6.92 Å². The molecule has 3 heteroatoms. The van der Waals surface area contributed by atoms with Crippen LogP contribution >= 0.6 is 0 Å². The molecule has 0 aromatic rings. The van der Waals surface area contributed by atoms with Crippen LogP contribution in [0.2, 0.25) is 0 Å². The molecule has 1 rings (SSSR count). The predicted octanol–water partition coefficient (Wildman–Crippen LogP) is -0.103. The maximum Gasteiger partial charge on any atom is 0.193 e. The van der Waals surface area contributed by atoms with E-state index in [-0.39, 0.29) is 0 Å². The van der Waals surface area contributed by atoms with Crippen LogP contribution in [0.1, 0.15) is 6.92 Å². The van der Waals surface area contributed by atoms with E-state index in [1.807, 2.05) is 7.05 Å². The number of nitrogens with zero attached hydrogens (tertiary/aromatic N) is 2. The Morgan fingerprint density at radius 3 is 3.00 bits per heavy atom. The quantitative estimate of drug-likeness (QED) is 0.532. The Labute approximate surface area is 55.8 Å². The standard InChI is InChI=1S/C6H13N3/c1-3-9(2)6-7-4-5-8-6/h3-5H2,1-2H3,(H,7,8). The fraction of sp³-hybridized carbons (Fsp3) is 0.833. The Kier molecular flexibility index (Phi) is 1.92. The summed E-state index contributed by atoms with van der Waals surface area (Å²) in [5.41, 5.74) is 0. The zero-order valence-electron chi connectivity index (χ0n) is 6.02. The third-order valence-corrected chi connectivity index (χ3v) is 1.49. The van der Waals surface area contributed by atoms with E-state index in [0.29, 0.717) is 0 Å². The minimum absolute atomic E-state index is 0.930. The van der Waals surface area contributed by atoms with Crippen molar-refractivity contribution in [2.24, 2.45) is 4.99 Å². The zero-order valence-corrected chi connectivity index (χ0v) is 6.02. The molecule has 0 spiro atoms. The number of aliphatic imine (C=N–C) groups is 1. The van der Waals surface area contributed by atoms with Gasteiger partial charge in [0.15, 0.2) is 5.96 Å². The van der Waals surface area contributed by atoms with E-state index in [1.54, 1.807) is 0 Å². The van der Waals surface area contributed by atoms with Gasteiger partial charge in [0, 0.05) is 20.1 Å². The van der Waals surface area contributed by atoms with Gasteiger partial charge < -0.3 is 10.2 Å². The van der Waals surface area contributed by atoms with Crippen LogP contribution < -0.4 is 5.32 Å². The van der Waals surface area contributed by atoms with Gasteiger partial charge >= 0.3 is 0 Å². The normalized spacial score (nSPS) is 16.9. The van der Waals surface area contributed by atoms with E-state index >= 15 is 0 Å². The van der Waals surface area contributed by atoms with Gasteiger partial charge in [0.05, 0.1) is 6.54 Å². The molecule has 1 aliphatic rings. The smallest absolute Gasteiger partial charge is 0.193 e. The summed E-state index contributed by atoms with van der Waals surface area (Å²) in [6.07, 6.45) is 0. The molecule has 0 fully saturated rings. The van der Waals surface area contributed by atoms with Crippen LogP contribution in [-0.4, -0.2) is 37.5 Å². The van der Waals surface area contributed by atoms with E-state index in [1.165, 1.54) is 0 Å². The number of hydrogen-bond donors (Lipinski definition) is 1. The van der Waals surface area contributed by atoms with Gasteiger partial charge in [-0.1, -0.05) is 0 Å². The van der Waals surface area contributed by atoms with E-state index in [4.69, 9.17) is 0 Å². The van der Waals surface area contributed by atoms with Gasteiger partial charge in [0.1, 0.15) is 0 Å². The van der Waals surface area contributed by atoms with Gasteiger partial charge in [-0.05, 0) is 6.92 Å². The van der Waals surface area contributed by atoms with E-state index < -0.39 is 0 Å². The van der Waals surface area contributed by atoms with Gasteiger partial charge in [0.25, 0.3) is 0 Å². The highest BCUT2D eigenvalue weighted by atomic mass is 15.3. The highest BCUT2D eigenvalue weighted by molar-refractivity contribution is 5.81. The van der Waals surface area contributed by atoms with Crippen LogP contribution in [0.3, 0.4) is 0 Å². The number of guanidine groups is 1. The molecule has 0 radical (unpaired) electrons. The summed E-state index contributed by atoms with van der Waals surface area (Å²) in [7, 11) is 2.04. The van der Waals surface area contributed by atoms with Crippen molar-refractivity contribution in [3.05, 3.63) is 0 Å². The first-order valence-corrected chi connectivity index (χ1v) is 3.34. The van der Waals surface area contributed by atoms with Crippen molar-refractivity contribution in [2.75, 3.05) is 26.7 Å². The Bertz CT molecular complexity index is 119. The summed E-state index contributed by atoms with van der Waals surface area (Å²) in [4.78, 5) is 6.34. The molecule has 0 unspecified atom stereocenters. The third-order valence-electron chi connectivity index (χ3n) is 1.49. The first-order chi connectivity index (χ1) is 4.34. The highest BCUT2D eigenvalue weighted by Gasteiger charge is 2.06. The Hall–Kier alpha value is -0.730. The summed E-state index contributed by atoms with van der Waals surface area (Å²) >= 11 is 0. The third kappa shape index (κ3) is 1.34. The van der Waals surface area contributed by atoms with Gasteiger partial charge in [0.2, 0.25) is 0 Å². The van der Waals surface area contributed by atoms with Crippen molar-refractivity contribution in [3.63, 3.8) is 0 Å². The molecule has 1 aliphatic heterocycles. The highest BCUT2D eigenvalue weighted by Crippen LogP contribution is 1.89. The molecule has 52 valence electrons. The number of nitrogens with one attached hydrogen (secondary N) is 1. The lowest BCUT2D eigenvalue weighted by Crippen LogP contribution is -2.35. The minimum Gasteiger partial charge on any atom is -0.354 e. The first kappa shape index (κ1) is 6.39. The maximum atomic E-state index is 4.24. The summed E-state index contributed by atoms with van der Waals surface area (Å²) < 4.78 is 0. The topological polar surface area (TPSA) is 27.6 Å². The van der Waals surface area contributed by atoms with Gasteiger partial charge in [-0.15, -0.1) is 0 Å². The fourth-order valence-corrected chi connectivity index (χ4v) is 0.791. The van der Waals surface area contributed by atoms with E-state index in [0.717, 1.165) is 25.6 Å². The largest absolute Gasteiger partial charge is 0.354 e. The Morgan fingerprint density at radius 2 is 2.56 bits per heavy atom. The lowest BCUT2D eigenvalue weighted by Gasteiger charge is -2.15. The molecule has 0 bridgehead atoms. The molecule has 0 aromatic carbocycles. The maximum absolute atomic E-state index is 4.24. The van der Waals surface area contributed by atoms with E-state index in [9.17, 15) is 0 Å². The van der Waals surface area contributed by atoms with Gasteiger partial charge in [-0.3, -0.25) is 4.99 Å². The zero-order chi connectivity index (χ0) is 6.69. The second-order valence-electron chi connectivity index (χ2n) is 2.15. The van der Waals surface area contributed by atoms with Crippen molar-refractivity contribution >= 4 is 5.96 Å². The molecule has 1 heterocycles. The summed E-state index contributed by atoms with van der Waals surface area (Å²) in [6.45, 7) is 5.06. The van der Waals surface area contributed by atoms with Crippen LogP contribution in [0.15, 0.2) is 4.99 Å². The van der Waals surface area contributed by atoms with Crippen LogP contribution in [0.5, 0.6) is 0 Å². The number of rotatable bonds is 1. The van der Waals surface area contributed by atoms with Crippen LogP contribution in [-0.2, 0) is 0 Å². The molecule has 0 aromatic heterocycles. The molecule has 0 atom stereocenters. The molecule has 0 aliphatic carbocycles. The van der Waals surface area contributed by atoms with Crippen molar-refractivity contribution in [3.8, 4) is 0 Å². The monoisotopic (exact) mass is 127 g/mol. The summed E-state index contributed by atoms with van der Waals surface area (Å²) in [5, 5.41) is 3.18. The second-order valence-corrected chi connectivity index (χ2v) is 2.15. The van der Waals surface area contributed by atoms with Crippen LogP contribution in [0.4, 0.5) is 0 Å². The first-order valence-electron chi connectivity index (χ1n) is 3.34. The van der Waals surface area contributed by atoms with Crippen LogP contribution in [0, 0.1) is 0 Å². The van der Waals surface area contributed by atoms with Crippen molar-refractivity contribution in [1.82, 2.24) is 10.2 Å². The average molecular weight is 127 g/mol. The molecular weight excluding hydrogens is 114 g/mol. The van der Waals surface area contributed by atoms with E-state index in [2.05, 4.69) is 22.1 Å². The predicted molar refractivity (Wildman–Crippen MR) is 38.6 cm³/mol. The molecule has 0 saturated carbocycles. The Balaban J connectivity index is 2.40. The summed E-state index contributed by atoms with van der Waals surface area (Å²) in [6, 6.07) is 0. The van der Waals surface area contributed by atoms with Crippen LogP contribution in [0.25, 0.3) is 0 Å². The molecule has 3 nitrogen and oxygen atoms in total. The molecule has 9 heavy (non-hydrogen) atoms. The molecule has 0 amide bonds. The minimum atomic E-state index is 0.930. The second kappa shape index (κ2) is 2.71. The molecule has 1 N–H and O–H groups in total. The summed E-state index contributed by atoms with van der Waals surface area (Å²) in [5.74, 6) is 1.04. The molecule has 0 saturated heterocycles. The van der Waals surface area contributed by atoms with Crippen molar-refractivity contribution in [1.29, 1.82) is 0 Å². The van der Waals surface area contributed by atoms with Crippen molar-refractivity contribution < 1.29 is 0 Å². The fourth-order valence-electron chi connectivity index (χ4n) is 0.791. The average Bonchev–Trinajstić information content (AvgIpc) is 2.37. The SMILES string of the molecule is CCN(C)C1=NCCN1. The Morgan fingerprint density at radius 1 is 1.78 bits per heavy atom. The van der Waals surface area contributed by atoms with Gasteiger partial charge in [-0.25, -0.2) is 0 Å². The van der Waals surface area contributed by atoms with Gasteiger partial charge in [-0.2, -0.15) is 0 Å².